The van der Waals surface area contributed by atoms with Gasteiger partial charge in [-0.2, -0.15) is 0 Å². The van der Waals surface area contributed by atoms with Gasteiger partial charge in [-0.25, -0.2) is 0 Å². The number of rotatable bonds is 0. The summed E-state index contributed by atoms with van der Waals surface area (Å²) < 4.78 is 25.7. The van der Waals surface area contributed by atoms with Crippen molar-refractivity contribution in [3.05, 3.63) is 83.6 Å². The molecule has 0 radical (unpaired) electrons. The van der Waals surface area contributed by atoms with Crippen LogP contribution in [0.25, 0.3) is 32.0 Å². The predicted molar refractivity (Wildman–Crippen MR) is 166 cm³/mol. The molecule has 0 N–H and O–H groups in total. The minimum absolute atomic E-state index is 0.613. The van der Waals surface area contributed by atoms with E-state index < -0.39 is 0 Å². The van der Waals surface area contributed by atoms with Crippen molar-refractivity contribution in [1.29, 1.82) is 0 Å². The molecule has 4 aromatic rings. The predicted octanol–water partition coefficient (Wildman–Crippen LogP) is 9.81. The highest BCUT2D eigenvalue weighted by Gasteiger charge is 2.24. The van der Waals surface area contributed by atoms with Crippen LogP contribution in [0.1, 0.15) is 38.5 Å². The Morgan fingerprint density at radius 2 is 0.850 bits per heavy atom. The fourth-order valence-corrected chi connectivity index (χ4v) is 7.11. The van der Waals surface area contributed by atoms with Gasteiger partial charge >= 0.3 is 0 Å². The van der Waals surface area contributed by atoms with Crippen LogP contribution < -0.4 is 18.9 Å². The van der Waals surface area contributed by atoms with Crippen molar-refractivity contribution in [3.63, 3.8) is 0 Å². The summed E-state index contributed by atoms with van der Waals surface area (Å²) in [4.78, 5) is 2.39. The molecule has 6 rings (SSSR count). The first-order chi connectivity index (χ1) is 19.9. The fourth-order valence-electron chi connectivity index (χ4n) is 5.11. The molecule has 2 aromatic carbocycles. The van der Waals surface area contributed by atoms with E-state index in [0.29, 0.717) is 26.4 Å². The van der Waals surface area contributed by atoms with Gasteiger partial charge in [-0.05, 0) is 85.7 Å². The van der Waals surface area contributed by atoms with Gasteiger partial charge in [0.25, 0.3) is 0 Å². The van der Waals surface area contributed by atoms with Crippen LogP contribution in [0.4, 0.5) is 0 Å². The van der Waals surface area contributed by atoms with E-state index in [0.717, 1.165) is 83.8 Å². The topological polar surface area (TPSA) is 36.9 Å². The molecule has 2 aliphatic rings. The molecule has 0 saturated heterocycles. The zero-order chi connectivity index (χ0) is 27.0. The Bertz CT molecular complexity index is 1410. The summed E-state index contributed by atoms with van der Waals surface area (Å²) in [5.41, 5.74) is 4.30. The zero-order valence-electron chi connectivity index (χ0n) is 22.6. The van der Waals surface area contributed by atoms with Gasteiger partial charge in [0, 0.05) is 11.1 Å². The molecule has 0 spiro atoms. The molecular weight excluding hydrogens is 537 g/mol. The second kappa shape index (κ2) is 13.2. The quantitative estimate of drug-likeness (QED) is 0.197. The summed E-state index contributed by atoms with van der Waals surface area (Å²) in [6, 6.07) is 16.7. The molecule has 206 valence electrons. The van der Waals surface area contributed by atoms with Gasteiger partial charge < -0.3 is 18.9 Å². The minimum Gasteiger partial charge on any atom is -0.493 e. The Morgan fingerprint density at radius 3 is 1.30 bits per heavy atom. The van der Waals surface area contributed by atoms with Crippen LogP contribution in [-0.2, 0) is 0 Å². The number of hydrogen-bond donors (Lipinski definition) is 0. The molecule has 2 bridgehead atoms. The first-order valence-electron chi connectivity index (χ1n) is 14.1. The Kier molecular flexibility index (Phi) is 8.85. The Hall–Kier alpha value is -3.48. The van der Waals surface area contributed by atoms with Gasteiger partial charge in [-0.1, -0.05) is 36.4 Å². The summed E-state index contributed by atoms with van der Waals surface area (Å²) in [6.07, 6.45) is 14.4. The van der Waals surface area contributed by atoms with Crippen molar-refractivity contribution in [2.75, 3.05) is 26.4 Å². The van der Waals surface area contributed by atoms with Gasteiger partial charge in [-0.15, -0.1) is 22.7 Å². The largest absolute Gasteiger partial charge is 0.493 e. The lowest BCUT2D eigenvalue weighted by Crippen LogP contribution is -2.02. The molecule has 0 fully saturated rings. The van der Waals surface area contributed by atoms with E-state index in [1.165, 1.54) is 9.75 Å². The molecular formula is C34H34O4S2. The summed E-state index contributed by atoms with van der Waals surface area (Å²) in [5.74, 6) is 3.45. The van der Waals surface area contributed by atoms with Crippen molar-refractivity contribution in [2.24, 2.45) is 0 Å². The maximum absolute atomic E-state index is 6.43. The van der Waals surface area contributed by atoms with Gasteiger partial charge in [0.05, 0.1) is 47.3 Å². The summed E-state index contributed by atoms with van der Waals surface area (Å²) in [5, 5.41) is 4.33. The minimum atomic E-state index is 0.613. The maximum atomic E-state index is 6.43. The van der Waals surface area contributed by atoms with E-state index >= 15 is 0 Å². The highest BCUT2D eigenvalue weighted by atomic mass is 32.1. The van der Waals surface area contributed by atoms with Gasteiger partial charge in [-0.3, -0.25) is 0 Å². The van der Waals surface area contributed by atoms with Gasteiger partial charge in [0.2, 0.25) is 0 Å². The van der Waals surface area contributed by atoms with Crippen LogP contribution in [0.2, 0.25) is 0 Å². The molecule has 6 heteroatoms. The summed E-state index contributed by atoms with van der Waals surface area (Å²) in [6.45, 7) is 2.53. The molecule has 0 unspecified atom stereocenters. The standard InChI is InChI=1S/C34H34O4S2/c1-3-7-19-35-27-13-11-15-29-31(27)25-17-23-39-33(25)34-26(18-24-40-34)32-28(36-20-8-4-1)14-12-16-30(32)38-22-10-6-2-5-9-21-37-29/h1-3,5,11-18,23-24H,4,6-10,19-22H2/b3-1+,5-2+. The molecule has 2 aromatic heterocycles. The number of allylic oxidation sites excluding steroid dienone is 2. The second-order valence-corrected chi connectivity index (χ2v) is 11.6. The lowest BCUT2D eigenvalue weighted by molar-refractivity contribution is 0.299. The average Bonchev–Trinajstić information content (AvgIpc) is 3.64. The lowest BCUT2D eigenvalue weighted by Gasteiger charge is -2.18. The van der Waals surface area contributed by atoms with E-state index in [2.05, 4.69) is 71.5 Å². The number of benzene rings is 2. The van der Waals surface area contributed by atoms with Crippen molar-refractivity contribution in [3.8, 4) is 55.0 Å². The fraction of sp³-hybridized carbons (Fsp3) is 0.294. The molecule has 4 nitrogen and oxygen atoms in total. The third-order valence-electron chi connectivity index (χ3n) is 7.01. The van der Waals surface area contributed by atoms with E-state index in [4.69, 9.17) is 18.9 Å². The molecule has 0 amide bonds. The van der Waals surface area contributed by atoms with Gasteiger partial charge in [0.15, 0.2) is 0 Å². The smallest absolute Gasteiger partial charge is 0.130 e. The van der Waals surface area contributed by atoms with Crippen LogP contribution in [0.3, 0.4) is 0 Å². The van der Waals surface area contributed by atoms with Crippen molar-refractivity contribution >= 4 is 22.7 Å². The van der Waals surface area contributed by atoms with E-state index in [1.54, 1.807) is 22.7 Å². The number of thiophene rings is 2. The Balaban J connectivity index is 1.56. The highest BCUT2D eigenvalue weighted by Crippen LogP contribution is 2.52. The molecule has 4 heterocycles. The molecule has 0 atom stereocenters. The Morgan fingerprint density at radius 1 is 0.450 bits per heavy atom. The SMILES string of the molecule is C1=C/CCOc2cccc3c2-c2ccsc2-c2sccc2-c2c(cccc2OCCC/C=C/CCO3)OCCC/1. The van der Waals surface area contributed by atoms with Crippen LogP contribution >= 0.6 is 22.7 Å². The van der Waals surface area contributed by atoms with Crippen molar-refractivity contribution < 1.29 is 18.9 Å². The molecule has 0 aliphatic carbocycles. The third-order valence-corrected chi connectivity index (χ3v) is 9.01. The van der Waals surface area contributed by atoms with Crippen LogP contribution in [0.15, 0.2) is 83.6 Å². The number of hydrogen-bond acceptors (Lipinski definition) is 6. The van der Waals surface area contributed by atoms with Crippen LogP contribution in [0, 0.1) is 0 Å². The van der Waals surface area contributed by atoms with Crippen molar-refractivity contribution in [2.45, 2.75) is 38.5 Å². The monoisotopic (exact) mass is 570 g/mol. The van der Waals surface area contributed by atoms with Crippen molar-refractivity contribution in [1.82, 2.24) is 0 Å². The van der Waals surface area contributed by atoms with E-state index in [1.807, 2.05) is 12.1 Å². The Labute approximate surface area is 244 Å². The van der Waals surface area contributed by atoms with E-state index in [-0.39, 0.29) is 0 Å². The first-order valence-corrected chi connectivity index (χ1v) is 15.9. The summed E-state index contributed by atoms with van der Waals surface area (Å²) >= 11 is 3.50. The first kappa shape index (κ1) is 26.7. The van der Waals surface area contributed by atoms with Crippen LogP contribution in [0.5, 0.6) is 23.0 Å². The lowest BCUT2D eigenvalue weighted by atomic mass is 9.99. The third kappa shape index (κ3) is 5.98. The van der Waals surface area contributed by atoms with Crippen LogP contribution in [-0.4, -0.2) is 26.4 Å². The van der Waals surface area contributed by atoms with E-state index in [9.17, 15) is 0 Å². The average molecular weight is 571 g/mol. The normalized spacial score (nSPS) is 17.7. The summed E-state index contributed by atoms with van der Waals surface area (Å²) in [7, 11) is 0. The zero-order valence-corrected chi connectivity index (χ0v) is 24.2. The van der Waals surface area contributed by atoms with Gasteiger partial charge in [0.1, 0.15) is 23.0 Å². The second-order valence-electron chi connectivity index (χ2n) is 9.78. The molecule has 40 heavy (non-hydrogen) atoms. The maximum Gasteiger partial charge on any atom is 0.130 e. The molecule has 2 aliphatic heterocycles. The molecule has 0 saturated carbocycles. The highest BCUT2D eigenvalue weighted by molar-refractivity contribution is 7.21. The number of ether oxygens (including phenoxy) is 4.